The lowest BCUT2D eigenvalue weighted by atomic mass is 9.78. The Kier molecular flexibility index (Phi) is 141. The van der Waals surface area contributed by atoms with Crippen LogP contribution in [0.15, 0.2) is 291 Å². The van der Waals surface area contributed by atoms with E-state index in [4.69, 9.17) is 10.5 Å². The van der Waals surface area contributed by atoms with Crippen molar-refractivity contribution in [1.82, 2.24) is 0 Å². The molecule has 0 spiro atoms. The number of fused-ring (bicyclic) bond motifs is 3. The van der Waals surface area contributed by atoms with E-state index in [9.17, 15) is 0 Å². The van der Waals surface area contributed by atoms with Crippen LogP contribution in [0.4, 0.5) is 0 Å². The SMILES string of the molecule is C.CC.CC.CC.CC.CC.CC.CC.CC.CC.CC.CC.CC.CC.CC.CC.CC.CC.CC.CC.CC.CC(C)(c1ccccc1)c1ccccc1.CC1(C)c2ccccc2-c2ccccc21.Cc1cc(C#N)c(C)cc1C#N.Cc1ccc(C)cc1.c1ccc(-c2ccc(-c3ccccc3)cc2)cc1.c1ccc(-c2ccccc2)cc1. The van der Waals surface area contributed by atoms with Crippen LogP contribution in [-0.2, 0) is 10.8 Å². The van der Waals surface area contributed by atoms with Crippen LogP contribution >= 0.6 is 0 Å². The summed E-state index contributed by atoms with van der Waals surface area (Å²) in [5, 5.41) is 17.3. The van der Waals surface area contributed by atoms with Gasteiger partial charge in [0.15, 0.2) is 0 Å². The third-order valence-corrected chi connectivity index (χ3v) is 14.5. The molecule has 0 fully saturated rings. The van der Waals surface area contributed by atoms with Gasteiger partial charge >= 0.3 is 0 Å². The number of nitriles is 2. The number of nitrogens with zero attached hydrogens (tertiary/aromatic N) is 2. The Hall–Kier alpha value is -9.60. The van der Waals surface area contributed by atoms with Crippen molar-refractivity contribution < 1.29 is 0 Å². The molecule has 0 saturated heterocycles. The first-order chi connectivity index (χ1) is 58.8. The highest BCUT2D eigenvalue weighted by atomic mass is 14.4. The number of hydrogen-bond donors (Lipinski definition) is 0. The van der Waals surface area contributed by atoms with Gasteiger partial charge in [-0.05, 0) is 118 Å². The fourth-order valence-electron chi connectivity index (χ4n) is 9.62. The monoisotopic (exact) mass is 1650 g/mol. The Morgan fingerprint density at radius 1 is 0.215 bits per heavy atom. The van der Waals surface area contributed by atoms with Crippen LogP contribution in [0, 0.1) is 50.4 Å². The van der Waals surface area contributed by atoms with Gasteiger partial charge in [-0.1, -0.05) is 602 Å². The Morgan fingerprint density at radius 3 is 0.554 bits per heavy atom. The van der Waals surface area contributed by atoms with E-state index in [0.717, 1.165) is 11.1 Å². The van der Waals surface area contributed by atoms with Gasteiger partial charge in [-0.3, -0.25) is 0 Å². The lowest BCUT2D eigenvalue weighted by Gasteiger charge is -2.25. The average Bonchev–Trinajstić information content (AvgIpc) is 1.59. The summed E-state index contributed by atoms with van der Waals surface area (Å²) in [6, 6.07) is 105. The Bertz CT molecular complexity index is 3460. The molecule has 121 heavy (non-hydrogen) atoms. The van der Waals surface area contributed by atoms with Crippen LogP contribution in [0.1, 0.15) is 368 Å². The highest BCUT2D eigenvalue weighted by Crippen LogP contribution is 2.48. The quantitative estimate of drug-likeness (QED) is 0.172. The summed E-state index contributed by atoms with van der Waals surface area (Å²) in [6.07, 6.45) is 0. The fraction of sp³-hybridized carbons (Fsp3) is 0.429. The van der Waals surface area contributed by atoms with Crippen molar-refractivity contribution in [2.24, 2.45) is 0 Å². The topological polar surface area (TPSA) is 47.6 Å². The molecule has 12 rings (SSSR count). The predicted octanol–water partition coefficient (Wildman–Crippen LogP) is 41.9. The van der Waals surface area contributed by atoms with E-state index in [0.29, 0.717) is 11.1 Å². The fourth-order valence-corrected chi connectivity index (χ4v) is 9.62. The largest absolute Gasteiger partial charge is 0.192 e. The predicted molar refractivity (Wildman–Crippen MR) is 573 cm³/mol. The van der Waals surface area contributed by atoms with E-state index in [2.05, 4.69) is 308 Å². The summed E-state index contributed by atoms with van der Waals surface area (Å²) in [6.45, 7) is 97.0. The van der Waals surface area contributed by atoms with Crippen LogP contribution in [-0.4, -0.2) is 0 Å². The molecule has 682 valence electrons. The molecule has 2 nitrogen and oxygen atoms in total. The van der Waals surface area contributed by atoms with Crippen LogP contribution in [0.2, 0.25) is 0 Å². The van der Waals surface area contributed by atoms with Crippen LogP contribution in [0.5, 0.6) is 0 Å². The molecule has 0 N–H and O–H groups in total. The third-order valence-electron chi connectivity index (χ3n) is 14.5. The molecule has 11 aromatic rings. The van der Waals surface area contributed by atoms with Gasteiger partial charge in [0, 0.05) is 10.8 Å². The van der Waals surface area contributed by atoms with Crippen LogP contribution in [0.25, 0.3) is 44.5 Å². The maximum absolute atomic E-state index is 8.67. The van der Waals surface area contributed by atoms with E-state index in [1.165, 1.54) is 77.9 Å². The number of benzene rings is 11. The molecule has 0 atom stereocenters. The Balaban J connectivity index is -0.0000000794. The molecule has 0 aliphatic heterocycles. The second kappa shape index (κ2) is 117. The van der Waals surface area contributed by atoms with Crippen molar-refractivity contribution in [3.05, 3.63) is 347 Å². The van der Waals surface area contributed by atoms with Gasteiger partial charge in [-0.25, -0.2) is 0 Å². The summed E-state index contributed by atoms with van der Waals surface area (Å²) in [7, 11) is 0. The highest BCUT2D eigenvalue weighted by molar-refractivity contribution is 5.80. The summed E-state index contributed by atoms with van der Waals surface area (Å²) < 4.78 is 0. The molecular weight excluding hydrogens is 1460 g/mol. The maximum atomic E-state index is 8.67. The first-order valence-electron chi connectivity index (χ1n) is 47.4. The minimum Gasteiger partial charge on any atom is -0.192 e. The summed E-state index contributed by atoms with van der Waals surface area (Å²) in [5.74, 6) is 0. The molecule has 1 aliphatic rings. The van der Waals surface area contributed by atoms with Crippen molar-refractivity contribution in [2.45, 2.75) is 351 Å². The van der Waals surface area contributed by atoms with E-state index in [1.807, 2.05) is 315 Å². The minimum atomic E-state index is 0. The highest BCUT2D eigenvalue weighted by Gasteiger charge is 2.34. The van der Waals surface area contributed by atoms with Gasteiger partial charge in [-0.15, -0.1) is 0 Å². The number of rotatable bonds is 5. The molecule has 0 unspecified atom stereocenters. The van der Waals surface area contributed by atoms with Crippen molar-refractivity contribution in [1.29, 1.82) is 10.5 Å². The van der Waals surface area contributed by atoms with E-state index >= 15 is 0 Å². The Morgan fingerprint density at radius 2 is 0.372 bits per heavy atom. The van der Waals surface area contributed by atoms with Crippen LogP contribution in [0.3, 0.4) is 0 Å². The zero-order valence-electron chi connectivity index (χ0n) is 87.6. The van der Waals surface area contributed by atoms with Crippen molar-refractivity contribution >= 4 is 0 Å². The van der Waals surface area contributed by atoms with E-state index in [1.54, 1.807) is 12.1 Å². The summed E-state index contributed by atoms with van der Waals surface area (Å²) >= 11 is 0. The lowest BCUT2D eigenvalue weighted by Crippen LogP contribution is -2.18. The molecule has 0 bridgehead atoms. The van der Waals surface area contributed by atoms with Crippen molar-refractivity contribution in [2.75, 3.05) is 0 Å². The minimum absolute atomic E-state index is 0. The van der Waals surface area contributed by atoms with Gasteiger partial charge in [0.25, 0.3) is 0 Å². The first kappa shape index (κ1) is 146. The average molecular weight is 1650 g/mol. The molecular formula is C119H196N2. The molecule has 0 heterocycles. The van der Waals surface area contributed by atoms with Crippen molar-refractivity contribution in [3.8, 4) is 56.6 Å². The molecule has 2 heteroatoms. The standard InChI is InChI=1S/C18H14.C15H14.C15H16.C12H10.C10H8N2.C8H10.20C2H6.CH4/c1-3-7-15(8-4-1)17-11-13-18(14-12-17)16-9-5-2-6-10-16;1-15(2)13-9-5-3-7-11(13)12-8-4-6-10-14(12)15;1-15(2,13-9-5-3-6-10-13)14-11-7-4-8-12-14;1-3-7-11(8-4-1)12-9-5-2-6-10-12;1-7-3-10(6-12)8(2)4-9(7)5-11;1-7-3-5-8(2)6-4-7;20*1-2;/h1-14H;3-10H,1-2H3;3-12H,1-2H3;1-10H;3-4H,1-2H3;3-6H,1-2H3;20*1-2H3;1H4. The van der Waals surface area contributed by atoms with Gasteiger partial charge in [0.2, 0.25) is 0 Å². The first-order valence-corrected chi connectivity index (χ1v) is 47.4. The zero-order chi connectivity index (χ0) is 96.7. The van der Waals surface area contributed by atoms with Gasteiger partial charge in [0.1, 0.15) is 0 Å². The maximum Gasteiger partial charge on any atom is 0.0994 e. The van der Waals surface area contributed by atoms with Gasteiger partial charge in [0.05, 0.1) is 23.3 Å². The van der Waals surface area contributed by atoms with E-state index < -0.39 is 0 Å². The molecule has 1 aliphatic carbocycles. The molecule has 11 aromatic carbocycles. The zero-order valence-corrected chi connectivity index (χ0v) is 87.6. The second-order valence-electron chi connectivity index (χ2n) is 21.0. The lowest BCUT2D eigenvalue weighted by molar-refractivity contribution is 0.641. The second-order valence-corrected chi connectivity index (χ2v) is 21.0. The van der Waals surface area contributed by atoms with Gasteiger partial charge < -0.3 is 0 Å². The normalized spacial score (nSPS) is 8.31. The smallest absolute Gasteiger partial charge is 0.0994 e. The molecule has 0 radical (unpaired) electrons. The molecule has 0 saturated carbocycles. The number of aryl methyl sites for hydroxylation is 4. The Labute approximate surface area is 759 Å². The summed E-state index contributed by atoms with van der Waals surface area (Å²) in [5.41, 5.74) is 21.9. The van der Waals surface area contributed by atoms with Gasteiger partial charge in [-0.2, -0.15) is 10.5 Å². The number of hydrogen-bond acceptors (Lipinski definition) is 2. The molecule has 0 amide bonds. The molecule has 0 aromatic heterocycles. The third kappa shape index (κ3) is 65.8. The summed E-state index contributed by atoms with van der Waals surface area (Å²) in [4.78, 5) is 0. The van der Waals surface area contributed by atoms with E-state index in [-0.39, 0.29) is 18.3 Å². The van der Waals surface area contributed by atoms with Crippen LogP contribution < -0.4 is 0 Å². The van der Waals surface area contributed by atoms with Crippen molar-refractivity contribution in [3.63, 3.8) is 0 Å².